The fraction of sp³-hybridized carbons (Fsp3) is 0.500. The highest BCUT2D eigenvalue weighted by molar-refractivity contribution is 6.02. The van der Waals surface area contributed by atoms with E-state index in [0.717, 1.165) is 6.42 Å². The Hall–Kier alpha value is -4.70. The highest BCUT2D eigenvalue weighted by atomic mass is 19.3. The number of hydrogen-bond acceptors (Lipinski definition) is 8. The second-order valence-electron chi connectivity index (χ2n) is 16.2. The smallest absolute Gasteiger partial charge is 0.410 e. The van der Waals surface area contributed by atoms with Gasteiger partial charge in [0.1, 0.15) is 35.1 Å². The van der Waals surface area contributed by atoms with Gasteiger partial charge in [-0.3, -0.25) is 9.88 Å². The third-order valence-electron chi connectivity index (χ3n) is 11.8. The standard InChI is InChI=1S/C40H42F4N6O3/c1-7-25-28(41)13-12-24-10-8-11-26(30(24)25)32-31(42)33-27(18-45-32)34(48(6)29-14-17-50(23(29)2)36(51)53-37(3,4)5)47-35(46-33)52-22-39-15-9-16-49(39)21-38(19-39)20-40(38,43)44/h1,8,10-13,18,23,29H,9,14-17,19-22H2,2-6H3/t23-,29-,38?,39?/m1/s1. The number of pyridine rings is 1. The molecule has 0 radical (unpaired) electrons. The molecule has 0 N–H and O–H groups in total. The number of aromatic nitrogens is 3. The summed E-state index contributed by atoms with van der Waals surface area (Å²) in [7, 11) is 1.82. The molecule has 4 fully saturated rings. The number of carbonyl (C=O) groups is 1. The predicted octanol–water partition coefficient (Wildman–Crippen LogP) is 7.58. The zero-order valence-electron chi connectivity index (χ0n) is 30.5. The van der Waals surface area contributed by atoms with Crippen molar-refractivity contribution < 1.29 is 31.8 Å². The van der Waals surface area contributed by atoms with Crippen LogP contribution in [0.1, 0.15) is 65.4 Å². The van der Waals surface area contributed by atoms with Crippen LogP contribution in [-0.2, 0) is 4.74 Å². The molecule has 4 aromatic rings. The quantitative estimate of drug-likeness (QED) is 0.148. The number of ether oxygens (including phenoxy) is 2. The summed E-state index contributed by atoms with van der Waals surface area (Å²) in [6, 6.07) is 7.32. The van der Waals surface area contributed by atoms with Crippen molar-refractivity contribution in [1.29, 1.82) is 0 Å². The van der Waals surface area contributed by atoms with Crippen LogP contribution >= 0.6 is 0 Å². The molecule has 4 aliphatic rings. The lowest BCUT2D eigenvalue weighted by Gasteiger charge is -2.33. The van der Waals surface area contributed by atoms with E-state index in [4.69, 9.17) is 20.9 Å². The van der Waals surface area contributed by atoms with Crippen molar-refractivity contribution >= 4 is 33.6 Å². The number of alkyl halides is 2. The van der Waals surface area contributed by atoms with Crippen LogP contribution in [-0.4, -0.2) is 93.3 Å². The summed E-state index contributed by atoms with van der Waals surface area (Å²) in [5.41, 5.74) is -2.17. The molecule has 4 atom stereocenters. The number of amides is 1. The number of anilines is 1. The van der Waals surface area contributed by atoms with Crippen LogP contribution in [0.15, 0.2) is 36.5 Å². The van der Waals surface area contributed by atoms with E-state index in [2.05, 4.69) is 20.8 Å². The zero-order chi connectivity index (χ0) is 37.7. The molecule has 2 aromatic carbocycles. The van der Waals surface area contributed by atoms with Crippen LogP contribution in [0, 0.1) is 29.4 Å². The molecule has 9 nitrogen and oxygen atoms in total. The van der Waals surface area contributed by atoms with Crippen molar-refractivity contribution in [2.24, 2.45) is 5.41 Å². The second kappa shape index (κ2) is 12.2. The summed E-state index contributed by atoms with van der Waals surface area (Å²) in [5.74, 6) is -1.35. The predicted molar refractivity (Wildman–Crippen MR) is 193 cm³/mol. The van der Waals surface area contributed by atoms with E-state index in [1.807, 2.05) is 39.6 Å². The van der Waals surface area contributed by atoms with Gasteiger partial charge in [-0.05, 0) is 71.4 Å². The first-order chi connectivity index (χ1) is 25.1. The molecule has 1 aliphatic carbocycles. The molecule has 1 spiro atoms. The zero-order valence-corrected chi connectivity index (χ0v) is 30.5. The van der Waals surface area contributed by atoms with E-state index in [0.29, 0.717) is 66.4 Å². The monoisotopic (exact) mass is 730 g/mol. The molecule has 8 rings (SSSR count). The van der Waals surface area contributed by atoms with Gasteiger partial charge in [0.2, 0.25) is 0 Å². The van der Waals surface area contributed by atoms with Crippen molar-refractivity contribution in [2.45, 2.75) is 88.9 Å². The molecule has 1 saturated carbocycles. The summed E-state index contributed by atoms with van der Waals surface area (Å²) in [6.07, 6.45) is 9.11. The van der Waals surface area contributed by atoms with E-state index in [1.54, 1.807) is 29.2 Å². The summed E-state index contributed by atoms with van der Waals surface area (Å²) in [4.78, 5) is 32.7. The third-order valence-corrected chi connectivity index (χ3v) is 11.8. The number of carbonyl (C=O) groups excluding carboxylic acids is 1. The number of fused-ring (bicyclic) bond motifs is 3. The van der Waals surface area contributed by atoms with Gasteiger partial charge in [-0.15, -0.1) is 6.42 Å². The van der Waals surface area contributed by atoms with Crippen LogP contribution in [0.25, 0.3) is 32.9 Å². The first-order valence-electron chi connectivity index (χ1n) is 18.1. The van der Waals surface area contributed by atoms with Crippen molar-refractivity contribution in [3.8, 4) is 29.6 Å². The Morgan fingerprint density at radius 2 is 1.91 bits per heavy atom. The topological polar surface area (TPSA) is 83.9 Å². The lowest BCUT2D eigenvalue weighted by molar-refractivity contribution is 0.0233. The van der Waals surface area contributed by atoms with Crippen molar-refractivity contribution in [1.82, 2.24) is 24.8 Å². The van der Waals surface area contributed by atoms with Crippen LogP contribution in [0.3, 0.4) is 0 Å². The molecular formula is C40H42F4N6O3. The molecule has 3 aliphatic heterocycles. The molecule has 1 amide bonds. The number of hydrogen-bond donors (Lipinski definition) is 0. The Balaban J connectivity index is 1.21. The maximum absolute atomic E-state index is 17.0. The van der Waals surface area contributed by atoms with E-state index in [-0.39, 0.29) is 47.9 Å². The third kappa shape index (κ3) is 5.72. The second-order valence-corrected chi connectivity index (χ2v) is 16.2. The highest BCUT2D eigenvalue weighted by Gasteiger charge is 2.77. The molecule has 2 unspecified atom stereocenters. The largest absolute Gasteiger partial charge is 0.461 e. The van der Waals surface area contributed by atoms with Gasteiger partial charge in [0, 0.05) is 43.7 Å². The number of terminal acetylenes is 1. The number of benzene rings is 2. The molecular weight excluding hydrogens is 688 g/mol. The Bertz CT molecular complexity index is 2200. The van der Waals surface area contributed by atoms with Crippen LogP contribution in [0.5, 0.6) is 6.01 Å². The average molecular weight is 731 g/mol. The van der Waals surface area contributed by atoms with Crippen LogP contribution < -0.4 is 9.64 Å². The van der Waals surface area contributed by atoms with Gasteiger partial charge in [-0.1, -0.05) is 30.2 Å². The molecule has 278 valence electrons. The molecule has 13 heteroatoms. The van der Waals surface area contributed by atoms with Crippen molar-refractivity contribution in [2.75, 3.05) is 38.2 Å². The molecule has 2 aromatic heterocycles. The number of rotatable bonds is 6. The van der Waals surface area contributed by atoms with Crippen LogP contribution in [0.4, 0.5) is 28.2 Å². The molecule has 0 bridgehead atoms. The van der Waals surface area contributed by atoms with Crippen LogP contribution in [0.2, 0.25) is 0 Å². The summed E-state index contributed by atoms with van der Waals surface area (Å²) in [6.45, 7) is 8.90. The first-order valence-corrected chi connectivity index (χ1v) is 18.1. The maximum atomic E-state index is 17.0. The summed E-state index contributed by atoms with van der Waals surface area (Å²) < 4.78 is 73.1. The van der Waals surface area contributed by atoms with Gasteiger partial charge in [0.25, 0.3) is 5.92 Å². The average Bonchev–Trinajstić information content (AvgIpc) is 3.47. The van der Waals surface area contributed by atoms with Crippen molar-refractivity contribution in [3.63, 3.8) is 0 Å². The van der Waals surface area contributed by atoms with Gasteiger partial charge >= 0.3 is 12.1 Å². The van der Waals surface area contributed by atoms with Gasteiger partial charge in [-0.2, -0.15) is 9.97 Å². The van der Waals surface area contributed by atoms with E-state index in [9.17, 15) is 18.0 Å². The van der Waals surface area contributed by atoms with E-state index < -0.39 is 40.2 Å². The Kier molecular flexibility index (Phi) is 8.11. The number of likely N-dealkylation sites (N-methyl/N-ethyl adjacent to an activating group) is 1. The van der Waals surface area contributed by atoms with E-state index in [1.165, 1.54) is 12.3 Å². The van der Waals surface area contributed by atoms with Gasteiger partial charge in [0.15, 0.2) is 5.82 Å². The van der Waals surface area contributed by atoms with Gasteiger partial charge in [0.05, 0.1) is 34.0 Å². The minimum atomic E-state index is -2.69. The van der Waals surface area contributed by atoms with Crippen molar-refractivity contribution in [3.05, 3.63) is 53.7 Å². The number of nitrogens with zero attached hydrogens (tertiary/aromatic N) is 6. The Morgan fingerprint density at radius 1 is 1.13 bits per heavy atom. The maximum Gasteiger partial charge on any atom is 0.410 e. The lowest BCUT2D eigenvalue weighted by Crippen LogP contribution is -2.45. The lowest BCUT2D eigenvalue weighted by atomic mass is 9.89. The normalized spacial score (nSPS) is 26.3. The summed E-state index contributed by atoms with van der Waals surface area (Å²) in [5, 5.41) is 1.26. The fourth-order valence-corrected chi connectivity index (χ4v) is 9.06. The first kappa shape index (κ1) is 35.3. The fourth-order valence-electron chi connectivity index (χ4n) is 9.06. The Morgan fingerprint density at radius 3 is 2.62 bits per heavy atom. The highest BCUT2D eigenvalue weighted by Crippen LogP contribution is 2.69. The van der Waals surface area contributed by atoms with Gasteiger partial charge in [-0.25, -0.2) is 22.4 Å². The summed E-state index contributed by atoms with van der Waals surface area (Å²) >= 11 is 0. The minimum absolute atomic E-state index is 0.00718. The number of halogens is 4. The Labute approximate surface area is 305 Å². The minimum Gasteiger partial charge on any atom is -0.461 e. The molecule has 3 saturated heterocycles. The number of likely N-dealkylation sites (tertiary alicyclic amines) is 1. The van der Waals surface area contributed by atoms with E-state index >= 15 is 4.39 Å². The molecule has 5 heterocycles. The van der Waals surface area contributed by atoms with Gasteiger partial charge < -0.3 is 19.3 Å². The molecule has 53 heavy (non-hydrogen) atoms. The SMILES string of the molecule is C#Cc1c(F)ccc2cccc(-c3ncc4c(N(C)[C@@H]5CCN(C(=O)OC(C)(C)C)[C@@H]5C)nc(OCC56CCCN5CC5(C6)CC5(F)F)nc4c3F)c12.